The van der Waals surface area contributed by atoms with Crippen LogP contribution in [0.4, 0.5) is 0 Å². The minimum atomic E-state index is -0.152. The van der Waals surface area contributed by atoms with E-state index >= 15 is 0 Å². The van der Waals surface area contributed by atoms with Gasteiger partial charge in [-0.05, 0) is 49.4 Å². The number of benzene rings is 2. The van der Waals surface area contributed by atoms with Crippen LogP contribution in [0.3, 0.4) is 0 Å². The highest BCUT2D eigenvalue weighted by Crippen LogP contribution is 2.26. The highest BCUT2D eigenvalue weighted by Gasteiger charge is 2.35. The first-order chi connectivity index (χ1) is 17.5. The normalized spacial score (nSPS) is 21.5. The predicted molar refractivity (Wildman–Crippen MR) is 140 cm³/mol. The third kappa shape index (κ3) is 5.01. The van der Waals surface area contributed by atoms with E-state index in [2.05, 4.69) is 35.9 Å². The van der Waals surface area contributed by atoms with Gasteiger partial charge in [-0.2, -0.15) is 0 Å². The van der Waals surface area contributed by atoms with Gasteiger partial charge < -0.3 is 19.5 Å². The number of amides is 2. The molecule has 2 aliphatic rings. The van der Waals surface area contributed by atoms with Crippen molar-refractivity contribution in [1.29, 1.82) is 0 Å². The number of allylic oxidation sites excluding steroid dienone is 1. The van der Waals surface area contributed by atoms with Crippen molar-refractivity contribution < 1.29 is 14.3 Å². The predicted octanol–water partition coefficient (Wildman–Crippen LogP) is 4.22. The summed E-state index contributed by atoms with van der Waals surface area (Å²) < 4.78 is 7.89. The molecule has 0 saturated carbocycles. The number of carbonyl (C=O) groups is 2. The van der Waals surface area contributed by atoms with Crippen LogP contribution in [0.25, 0.3) is 11.0 Å². The van der Waals surface area contributed by atoms with Crippen LogP contribution in [0.1, 0.15) is 50.4 Å². The zero-order valence-electron chi connectivity index (χ0n) is 21.0. The largest absolute Gasteiger partial charge is 0.483 e. The summed E-state index contributed by atoms with van der Waals surface area (Å²) >= 11 is 0. The molecule has 0 spiro atoms. The number of rotatable bonds is 3. The van der Waals surface area contributed by atoms with Crippen molar-refractivity contribution in [2.75, 3.05) is 13.2 Å². The first-order valence-electron chi connectivity index (χ1n) is 12.9. The number of piperidine rings is 1. The smallest absolute Gasteiger partial charge is 0.258 e. The highest BCUT2D eigenvalue weighted by atomic mass is 16.5. The summed E-state index contributed by atoms with van der Waals surface area (Å²) in [5, 5.41) is 3.16. The average Bonchev–Trinajstić information content (AvgIpc) is 3.24. The van der Waals surface area contributed by atoms with E-state index in [0.29, 0.717) is 13.0 Å². The number of hydrogen-bond donors (Lipinski definition) is 1. The fraction of sp³-hybridized carbons (Fsp3) is 0.414. The maximum Gasteiger partial charge on any atom is 0.258 e. The van der Waals surface area contributed by atoms with Crippen molar-refractivity contribution in [2.45, 2.75) is 64.1 Å². The van der Waals surface area contributed by atoms with Crippen molar-refractivity contribution >= 4 is 22.8 Å². The second kappa shape index (κ2) is 10.6. The van der Waals surface area contributed by atoms with E-state index in [1.165, 1.54) is 0 Å². The molecule has 5 rings (SSSR count). The Morgan fingerprint density at radius 2 is 1.94 bits per heavy atom. The zero-order chi connectivity index (χ0) is 25.1. The van der Waals surface area contributed by atoms with Crippen LogP contribution in [0.15, 0.2) is 60.7 Å². The van der Waals surface area contributed by atoms with E-state index in [9.17, 15) is 9.59 Å². The van der Waals surface area contributed by atoms with Gasteiger partial charge in [-0.3, -0.25) is 9.59 Å². The molecule has 7 nitrogen and oxygen atoms in total. The van der Waals surface area contributed by atoms with E-state index in [-0.39, 0.29) is 43.0 Å². The number of hydrogen-bond acceptors (Lipinski definition) is 4. The Kier molecular flexibility index (Phi) is 7.07. The summed E-state index contributed by atoms with van der Waals surface area (Å²) in [6, 6.07) is 15.6. The summed E-state index contributed by atoms with van der Waals surface area (Å²) in [6.45, 7) is 5.10. The lowest BCUT2D eigenvalue weighted by molar-refractivity contribution is -0.137. The van der Waals surface area contributed by atoms with Gasteiger partial charge in [-0.1, -0.05) is 56.3 Å². The van der Waals surface area contributed by atoms with Crippen LogP contribution in [0, 0.1) is 0 Å². The molecule has 0 unspecified atom stereocenters. The van der Waals surface area contributed by atoms with Crippen LogP contribution in [0.5, 0.6) is 5.75 Å². The second-order valence-electron chi connectivity index (χ2n) is 9.98. The molecule has 1 fully saturated rings. The summed E-state index contributed by atoms with van der Waals surface area (Å²) in [6.07, 6.45) is 7.39. The van der Waals surface area contributed by atoms with Crippen molar-refractivity contribution in [1.82, 2.24) is 19.8 Å². The summed E-state index contributed by atoms with van der Waals surface area (Å²) in [5.41, 5.74) is 2.93. The molecule has 3 aromatic rings. The number of ether oxygens (including phenoxy) is 1. The number of likely N-dealkylation sites (tertiary alicyclic amines) is 1. The van der Waals surface area contributed by atoms with Crippen LogP contribution in [-0.4, -0.2) is 51.5 Å². The van der Waals surface area contributed by atoms with E-state index in [4.69, 9.17) is 9.72 Å². The molecule has 188 valence electrons. The van der Waals surface area contributed by atoms with Gasteiger partial charge in [-0.25, -0.2) is 4.98 Å². The van der Waals surface area contributed by atoms with Gasteiger partial charge in [-0.15, -0.1) is 0 Å². The van der Waals surface area contributed by atoms with Gasteiger partial charge in [0.15, 0.2) is 6.61 Å². The first kappa shape index (κ1) is 24.1. The Balaban J connectivity index is 1.40. The number of nitrogens with one attached hydrogen (secondary N) is 1. The van der Waals surface area contributed by atoms with Gasteiger partial charge in [0.2, 0.25) is 5.91 Å². The van der Waals surface area contributed by atoms with E-state index < -0.39 is 0 Å². The minimum Gasteiger partial charge on any atom is -0.483 e. The van der Waals surface area contributed by atoms with Crippen LogP contribution in [-0.2, 0) is 22.6 Å². The highest BCUT2D eigenvalue weighted by molar-refractivity contribution is 5.82. The van der Waals surface area contributed by atoms with Gasteiger partial charge in [0.05, 0.1) is 17.1 Å². The molecule has 0 aliphatic carbocycles. The molecule has 2 aromatic carbocycles. The number of nitrogens with zero attached hydrogens (tertiary/aromatic N) is 3. The molecular formula is C29H34N4O3. The number of carbonyl (C=O) groups excluding carboxylic acids is 2. The molecule has 2 atom stereocenters. The molecule has 7 heteroatoms. The topological polar surface area (TPSA) is 76.5 Å². The monoisotopic (exact) mass is 486 g/mol. The fourth-order valence-electron chi connectivity index (χ4n) is 5.40. The van der Waals surface area contributed by atoms with Gasteiger partial charge in [0, 0.05) is 18.5 Å². The van der Waals surface area contributed by atoms with Crippen molar-refractivity contribution in [3.05, 3.63) is 72.1 Å². The Morgan fingerprint density at radius 3 is 2.81 bits per heavy atom. The van der Waals surface area contributed by atoms with Crippen LogP contribution in [0.2, 0.25) is 0 Å². The molecule has 2 aliphatic heterocycles. The van der Waals surface area contributed by atoms with Gasteiger partial charge in [0.1, 0.15) is 18.1 Å². The molecule has 36 heavy (non-hydrogen) atoms. The quantitative estimate of drug-likeness (QED) is 0.563. The SMILES string of the molecule is CC(C)c1nc2ccccc2n1CC(=O)N1CCC[C@H]2NC(=O)COc3ccccc3C/C=C/C[C@H]21. The molecule has 1 saturated heterocycles. The minimum absolute atomic E-state index is 0.0311. The lowest BCUT2D eigenvalue weighted by Crippen LogP contribution is -2.58. The van der Waals surface area contributed by atoms with E-state index in [1.807, 2.05) is 53.4 Å². The Bertz CT molecular complexity index is 1280. The van der Waals surface area contributed by atoms with Gasteiger partial charge >= 0.3 is 0 Å². The van der Waals surface area contributed by atoms with Crippen molar-refractivity contribution in [3.8, 4) is 5.75 Å². The van der Waals surface area contributed by atoms with Crippen molar-refractivity contribution in [3.63, 3.8) is 0 Å². The molecule has 2 amide bonds. The lowest BCUT2D eigenvalue weighted by atomic mass is 9.92. The second-order valence-corrected chi connectivity index (χ2v) is 9.98. The number of para-hydroxylation sites is 3. The fourth-order valence-corrected chi connectivity index (χ4v) is 5.40. The Hall–Kier alpha value is -3.61. The van der Waals surface area contributed by atoms with Crippen LogP contribution < -0.4 is 10.1 Å². The van der Waals surface area contributed by atoms with E-state index in [1.54, 1.807) is 0 Å². The molecular weight excluding hydrogens is 452 g/mol. The summed E-state index contributed by atoms with van der Waals surface area (Å²) in [7, 11) is 0. The molecule has 0 bridgehead atoms. The van der Waals surface area contributed by atoms with Gasteiger partial charge in [0.25, 0.3) is 5.91 Å². The first-order valence-corrected chi connectivity index (χ1v) is 12.9. The van der Waals surface area contributed by atoms with E-state index in [0.717, 1.165) is 47.4 Å². The number of aromatic nitrogens is 2. The maximum atomic E-state index is 13.8. The van der Waals surface area contributed by atoms with Crippen LogP contribution >= 0.6 is 0 Å². The Morgan fingerprint density at radius 1 is 1.14 bits per heavy atom. The third-order valence-corrected chi connectivity index (χ3v) is 7.15. The Labute approximate surface area is 212 Å². The third-order valence-electron chi connectivity index (χ3n) is 7.15. The molecule has 3 heterocycles. The molecule has 1 aromatic heterocycles. The average molecular weight is 487 g/mol. The summed E-state index contributed by atoms with van der Waals surface area (Å²) in [5.74, 6) is 1.77. The number of fused-ring (bicyclic) bond motifs is 3. The van der Waals surface area contributed by atoms with Crippen molar-refractivity contribution in [2.24, 2.45) is 0 Å². The number of imidazole rings is 1. The summed E-state index contributed by atoms with van der Waals surface area (Å²) in [4.78, 5) is 33.3. The zero-order valence-corrected chi connectivity index (χ0v) is 21.0. The molecule has 1 N–H and O–H groups in total. The lowest BCUT2D eigenvalue weighted by Gasteiger charge is -2.41. The standard InChI is InChI=1S/C29H34N4O3/c1-20(2)29-31-23-12-5-7-15-25(23)33(29)18-28(35)32-17-9-13-22-24(32)14-6-3-10-21-11-4-8-16-26(21)36-19-27(34)30-22/h3-8,11-12,15-16,20,22,24H,9-10,13-14,17-19H2,1-2H3,(H,30,34)/b6-3+/t22-,24-/m1/s1. The maximum absolute atomic E-state index is 13.8. The molecule has 0 radical (unpaired) electrons.